The number of halogens is 7. The highest BCUT2D eigenvalue weighted by atomic mass is 19.4. The first-order valence-corrected chi connectivity index (χ1v) is 15.2. The Kier molecular flexibility index (Phi) is 12.8. The maximum atomic E-state index is 13.3. The van der Waals surface area contributed by atoms with Crippen LogP contribution in [-0.2, 0) is 17.1 Å². The van der Waals surface area contributed by atoms with Crippen molar-refractivity contribution < 1.29 is 40.7 Å². The van der Waals surface area contributed by atoms with E-state index in [1.54, 1.807) is 12.3 Å². The van der Waals surface area contributed by atoms with Crippen molar-refractivity contribution in [3.8, 4) is 0 Å². The molecule has 1 heterocycles. The topological polar surface area (TPSA) is 56.1 Å². The number of hydrogen-bond acceptors (Lipinski definition) is 4. The Morgan fingerprint density at radius 3 is 1.98 bits per heavy atom. The molecule has 2 fully saturated rings. The molecular weight excluding hydrogens is 603 g/mol. The molecule has 4 rings (SSSR count). The summed E-state index contributed by atoms with van der Waals surface area (Å²) in [7, 11) is 1.44. The van der Waals surface area contributed by atoms with Gasteiger partial charge in [-0.15, -0.1) is 5.16 Å². The number of oxime groups is 1. The lowest BCUT2D eigenvalue weighted by atomic mass is 9.80. The smallest absolute Gasteiger partial charge is 0.411 e. The van der Waals surface area contributed by atoms with Crippen molar-refractivity contribution in [3.63, 3.8) is 0 Å². The molecule has 1 aliphatic carbocycles. The molecule has 1 atom stereocenters. The zero-order valence-corrected chi connectivity index (χ0v) is 25.8. The predicted molar refractivity (Wildman–Crippen MR) is 158 cm³/mol. The van der Waals surface area contributed by atoms with Gasteiger partial charge in [-0.05, 0) is 125 Å². The molecule has 0 radical (unpaired) electrons. The zero-order valence-electron chi connectivity index (χ0n) is 25.8. The highest BCUT2D eigenvalue weighted by Gasteiger charge is 2.38. The molecule has 1 unspecified atom stereocenters. The van der Waals surface area contributed by atoms with E-state index >= 15 is 0 Å². The SMILES string of the molecule is CC(c1cc(C(F)(F)F)cc(C(F)(F)F)c1)N(C)C(=O)C1CCN(CC2CCC(C/C=N/O)CC2)CC1.Cc1cccc(F)c1. The highest BCUT2D eigenvalue weighted by Crippen LogP contribution is 2.38. The Morgan fingerprint density at radius 1 is 0.956 bits per heavy atom. The van der Waals surface area contributed by atoms with E-state index in [9.17, 15) is 35.5 Å². The van der Waals surface area contributed by atoms with Crippen LogP contribution in [0.5, 0.6) is 0 Å². The molecule has 0 spiro atoms. The second-order valence-corrected chi connectivity index (χ2v) is 12.3. The lowest BCUT2D eigenvalue weighted by Gasteiger charge is -2.38. The van der Waals surface area contributed by atoms with Gasteiger partial charge < -0.3 is 15.0 Å². The second-order valence-electron chi connectivity index (χ2n) is 12.3. The summed E-state index contributed by atoms with van der Waals surface area (Å²) in [6, 6.07) is 7.04. The van der Waals surface area contributed by atoms with E-state index in [2.05, 4.69) is 10.1 Å². The Morgan fingerprint density at radius 2 is 1.51 bits per heavy atom. The van der Waals surface area contributed by atoms with Gasteiger partial charge in [-0.25, -0.2) is 4.39 Å². The number of alkyl halides is 6. The fourth-order valence-electron chi connectivity index (χ4n) is 6.10. The number of piperidine rings is 1. The molecule has 1 saturated carbocycles. The lowest BCUT2D eigenvalue weighted by Crippen LogP contribution is -2.43. The largest absolute Gasteiger partial charge is 0.416 e. The number of aryl methyl sites for hydroxylation is 1. The first-order chi connectivity index (χ1) is 21.1. The number of benzene rings is 2. The first-order valence-electron chi connectivity index (χ1n) is 15.2. The fraction of sp³-hybridized carbons (Fsp3) is 0.576. The summed E-state index contributed by atoms with van der Waals surface area (Å²) >= 11 is 0. The molecule has 2 aliphatic rings. The van der Waals surface area contributed by atoms with Gasteiger partial charge in [-0.3, -0.25) is 4.79 Å². The van der Waals surface area contributed by atoms with Crippen molar-refractivity contribution in [1.82, 2.24) is 9.80 Å². The van der Waals surface area contributed by atoms with E-state index in [1.807, 2.05) is 13.0 Å². The second kappa shape index (κ2) is 15.9. The highest BCUT2D eigenvalue weighted by molar-refractivity contribution is 5.79. The predicted octanol–water partition coefficient (Wildman–Crippen LogP) is 8.75. The molecule has 1 aliphatic heterocycles. The van der Waals surface area contributed by atoms with Gasteiger partial charge in [-0.1, -0.05) is 12.1 Å². The van der Waals surface area contributed by atoms with Crippen LogP contribution >= 0.6 is 0 Å². The number of carbonyl (C=O) groups excluding carboxylic acids is 1. The van der Waals surface area contributed by atoms with Crippen molar-refractivity contribution in [1.29, 1.82) is 0 Å². The van der Waals surface area contributed by atoms with Crippen molar-refractivity contribution in [2.75, 3.05) is 26.7 Å². The Bertz CT molecular complexity index is 1220. The van der Waals surface area contributed by atoms with Gasteiger partial charge in [0, 0.05) is 25.7 Å². The average Bonchev–Trinajstić information content (AvgIpc) is 2.99. The van der Waals surface area contributed by atoms with E-state index in [1.165, 1.54) is 31.0 Å². The molecule has 45 heavy (non-hydrogen) atoms. The van der Waals surface area contributed by atoms with Gasteiger partial charge in [0.05, 0.1) is 17.2 Å². The van der Waals surface area contributed by atoms with Crippen LogP contribution in [0.25, 0.3) is 0 Å². The Balaban J connectivity index is 0.000000598. The van der Waals surface area contributed by atoms with Crippen LogP contribution in [0.15, 0.2) is 47.6 Å². The first kappa shape index (κ1) is 36.3. The van der Waals surface area contributed by atoms with Gasteiger partial charge >= 0.3 is 12.4 Å². The van der Waals surface area contributed by atoms with Gasteiger partial charge in [0.2, 0.25) is 5.91 Å². The standard InChI is InChI=1S/C26H35F6N3O2.C7H7F/c1-17(21-13-22(25(27,28)29)15-23(14-21)26(30,31)32)34(2)24(36)20-8-11-35(12-9-20)16-19-5-3-18(4-6-19)7-10-33-37;1-6-3-2-4-7(8)5-6/h10,13-15,17-20,37H,3-9,11-12,16H2,1-2H3;2-5H,1H3/b33-10+;. The van der Waals surface area contributed by atoms with Gasteiger partial charge in [0.15, 0.2) is 0 Å². The molecule has 0 aromatic heterocycles. The lowest BCUT2D eigenvalue weighted by molar-refractivity contribution is -0.143. The fourth-order valence-corrected chi connectivity index (χ4v) is 6.10. The van der Waals surface area contributed by atoms with Crippen molar-refractivity contribution in [2.45, 2.75) is 77.2 Å². The van der Waals surface area contributed by atoms with Crippen LogP contribution in [0, 0.1) is 30.5 Å². The van der Waals surface area contributed by atoms with Crippen LogP contribution in [-0.4, -0.2) is 53.8 Å². The number of likely N-dealkylation sites (tertiary alicyclic amines) is 1. The minimum atomic E-state index is -4.93. The number of amides is 1. The Hall–Kier alpha value is -3.15. The molecule has 1 saturated heterocycles. The van der Waals surface area contributed by atoms with Gasteiger partial charge in [0.1, 0.15) is 5.82 Å². The van der Waals surface area contributed by atoms with Crippen LogP contribution in [0.3, 0.4) is 0 Å². The summed E-state index contributed by atoms with van der Waals surface area (Å²) in [5.74, 6) is 0.400. The van der Waals surface area contributed by atoms with Crippen molar-refractivity contribution in [3.05, 3.63) is 70.5 Å². The molecule has 250 valence electrons. The third kappa shape index (κ3) is 11.0. The number of hydrogen-bond donors (Lipinski definition) is 1. The maximum Gasteiger partial charge on any atom is 0.416 e. The zero-order chi connectivity index (χ0) is 33.4. The van der Waals surface area contributed by atoms with E-state index in [-0.39, 0.29) is 29.3 Å². The quantitative estimate of drug-likeness (QED) is 0.142. The number of rotatable bonds is 7. The van der Waals surface area contributed by atoms with E-state index in [4.69, 9.17) is 5.21 Å². The van der Waals surface area contributed by atoms with Gasteiger partial charge in [0.25, 0.3) is 0 Å². The number of nitrogens with zero attached hydrogens (tertiary/aromatic N) is 3. The monoisotopic (exact) mass is 645 g/mol. The summed E-state index contributed by atoms with van der Waals surface area (Å²) in [6.07, 6.45) is -1.90. The molecule has 5 nitrogen and oxygen atoms in total. The summed E-state index contributed by atoms with van der Waals surface area (Å²) in [5.41, 5.74) is -2.00. The minimum absolute atomic E-state index is 0.101. The normalized spacial score (nSPS) is 20.8. The van der Waals surface area contributed by atoms with Crippen molar-refractivity contribution >= 4 is 12.1 Å². The Labute approximate surface area is 260 Å². The van der Waals surface area contributed by atoms with Crippen LogP contribution < -0.4 is 0 Å². The van der Waals surface area contributed by atoms with Crippen LogP contribution in [0.4, 0.5) is 30.7 Å². The summed E-state index contributed by atoms with van der Waals surface area (Å²) in [4.78, 5) is 16.7. The molecule has 12 heteroatoms. The molecule has 1 amide bonds. The van der Waals surface area contributed by atoms with Crippen LogP contribution in [0.2, 0.25) is 0 Å². The van der Waals surface area contributed by atoms with Gasteiger partial charge in [-0.2, -0.15) is 26.3 Å². The van der Waals surface area contributed by atoms with Crippen LogP contribution in [0.1, 0.15) is 80.2 Å². The summed E-state index contributed by atoms with van der Waals surface area (Å²) in [6.45, 7) is 5.74. The van der Waals surface area contributed by atoms with E-state index in [0.29, 0.717) is 36.8 Å². The molecular formula is C33H42F7N3O2. The van der Waals surface area contributed by atoms with E-state index in [0.717, 1.165) is 57.3 Å². The minimum Gasteiger partial charge on any atom is -0.411 e. The van der Waals surface area contributed by atoms with E-state index < -0.39 is 29.5 Å². The molecule has 1 N–H and O–H groups in total. The molecule has 2 aromatic carbocycles. The average molecular weight is 646 g/mol. The molecule has 2 aromatic rings. The maximum absolute atomic E-state index is 13.3. The third-order valence-corrected chi connectivity index (χ3v) is 8.94. The summed E-state index contributed by atoms with van der Waals surface area (Å²) in [5, 5.41) is 11.7. The summed E-state index contributed by atoms with van der Waals surface area (Å²) < 4.78 is 91.7. The molecule has 0 bridgehead atoms. The number of carbonyl (C=O) groups is 1. The third-order valence-electron chi connectivity index (χ3n) is 8.94. The van der Waals surface area contributed by atoms with Crippen molar-refractivity contribution in [2.24, 2.45) is 22.9 Å².